The fraction of sp³-hybridized carbons (Fsp3) is 0.444. The van der Waals surface area contributed by atoms with E-state index in [4.69, 9.17) is 4.74 Å². The largest absolute Gasteiger partial charge is 0.423 e. The van der Waals surface area contributed by atoms with Crippen molar-refractivity contribution in [2.75, 3.05) is 0 Å². The predicted octanol–water partition coefficient (Wildman–Crippen LogP) is 7.49. The number of benzene rings is 2. The van der Waals surface area contributed by atoms with E-state index < -0.39 is 10.9 Å². The molecule has 0 bridgehead atoms. The number of fused-ring (bicyclic) bond motifs is 1. The lowest BCUT2D eigenvalue weighted by Crippen LogP contribution is -2.21. The minimum atomic E-state index is -0.487. The van der Waals surface area contributed by atoms with Gasteiger partial charge in [0.25, 0.3) is 5.69 Å². The molecule has 32 heavy (non-hydrogen) atoms. The van der Waals surface area contributed by atoms with Crippen LogP contribution in [-0.4, -0.2) is 10.9 Å². The first-order valence-corrected chi connectivity index (χ1v) is 11.4. The summed E-state index contributed by atoms with van der Waals surface area (Å²) in [6, 6.07) is 9.75. The van der Waals surface area contributed by atoms with Crippen LogP contribution in [0.25, 0.3) is 0 Å². The molecule has 1 aliphatic rings. The van der Waals surface area contributed by atoms with Gasteiger partial charge in [-0.2, -0.15) is 0 Å². The Kier molecular flexibility index (Phi) is 7.49. The van der Waals surface area contributed by atoms with E-state index in [0.29, 0.717) is 29.1 Å². The fourth-order valence-electron chi connectivity index (χ4n) is 4.74. The number of hydrogen-bond acceptors (Lipinski definition) is 4. The van der Waals surface area contributed by atoms with Gasteiger partial charge in [-0.15, -0.1) is 0 Å². The minimum absolute atomic E-state index is 0.0481. The van der Waals surface area contributed by atoms with Crippen LogP contribution in [0, 0.1) is 23.0 Å². The Hall–Kier alpha value is -2.95. The molecule has 5 heteroatoms. The summed E-state index contributed by atoms with van der Waals surface area (Å²) in [5.41, 5.74) is 5.13. The molecule has 0 N–H and O–H groups in total. The van der Waals surface area contributed by atoms with Crippen LogP contribution in [0.15, 0.2) is 48.0 Å². The fourth-order valence-corrected chi connectivity index (χ4v) is 4.74. The zero-order valence-electron chi connectivity index (χ0n) is 19.7. The molecule has 0 radical (unpaired) electrons. The first-order valence-electron chi connectivity index (χ1n) is 11.4. The van der Waals surface area contributed by atoms with Gasteiger partial charge in [0.15, 0.2) is 0 Å². The Morgan fingerprint density at radius 1 is 1.22 bits per heavy atom. The molecule has 3 atom stereocenters. The lowest BCUT2D eigenvalue weighted by Gasteiger charge is -2.35. The topological polar surface area (TPSA) is 69.4 Å². The second kappa shape index (κ2) is 10.1. The second-order valence-corrected chi connectivity index (χ2v) is 9.38. The van der Waals surface area contributed by atoms with E-state index in [0.717, 1.165) is 36.8 Å². The Morgan fingerprint density at radius 2 is 1.91 bits per heavy atom. The molecule has 0 aromatic heterocycles. The standard InChI is InChI=1S/C27H33NO4/c1-17(2)7-6-8-19(4)23-14-9-20(5)26-24(23)15-18(3)16-25(26)32-27(29)21-10-12-22(13-11-21)28(30)31/h7,10-13,15-16,19-20,23H,6,8-9,14H2,1-5H3/t19-,20+,23-/m0/s1. The molecule has 0 amide bonds. The van der Waals surface area contributed by atoms with Crippen molar-refractivity contribution in [3.8, 4) is 5.75 Å². The van der Waals surface area contributed by atoms with Crippen molar-refractivity contribution in [2.45, 2.75) is 72.1 Å². The number of allylic oxidation sites excluding steroid dienone is 2. The molecular formula is C27H33NO4. The molecule has 0 heterocycles. The number of aryl methyl sites for hydroxylation is 1. The number of nitrogens with zero attached hydrogens (tertiary/aromatic N) is 1. The van der Waals surface area contributed by atoms with Gasteiger partial charge in [-0.05, 0) is 93.5 Å². The molecule has 3 rings (SSSR count). The van der Waals surface area contributed by atoms with Crippen LogP contribution in [0.4, 0.5) is 5.69 Å². The van der Waals surface area contributed by atoms with E-state index in [1.165, 1.54) is 35.4 Å². The van der Waals surface area contributed by atoms with E-state index in [9.17, 15) is 14.9 Å². The molecule has 2 aromatic rings. The van der Waals surface area contributed by atoms with Crippen LogP contribution in [-0.2, 0) is 0 Å². The van der Waals surface area contributed by atoms with Crippen molar-refractivity contribution < 1.29 is 14.5 Å². The number of rotatable bonds is 7. The highest BCUT2D eigenvalue weighted by atomic mass is 16.6. The molecular weight excluding hydrogens is 402 g/mol. The van der Waals surface area contributed by atoms with Crippen molar-refractivity contribution in [3.63, 3.8) is 0 Å². The van der Waals surface area contributed by atoms with Gasteiger partial charge in [0.05, 0.1) is 10.5 Å². The molecule has 0 aliphatic heterocycles. The smallest absolute Gasteiger partial charge is 0.343 e. The average molecular weight is 436 g/mol. The lowest BCUT2D eigenvalue weighted by molar-refractivity contribution is -0.384. The molecule has 0 unspecified atom stereocenters. The Bertz CT molecular complexity index is 1020. The van der Waals surface area contributed by atoms with Crippen LogP contribution < -0.4 is 4.74 Å². The van der Waals surface area contributed by atoms with Crippen LogP contribution in [0.1, 0.15) is 92.3 Å². The first kappa shape index (κ1) is 23.7. The summed E-state index contributed by atoms with van der Waals surface area (Å²) in [5.74, 6) is 1.43. The number of carbonyl (C=O) groups excluding carboxylic acids is 1. The number of nitro groups is 1. The first-order chi connectivity index (χ1) is 15.2. The zero-order chi connectivity index (χ0) is 23.4. The van der Waals surface area contributed by atoms with Gasteiger partial charge in [0.1, 0.15) is 5.75 Å². The molecule has 2 aromatic carbocycles. The van der Waals surface area contributed by atoms with Crippen LogP contribution in [0.3, 0.4) is 0 Å². The molecule has 0 spiro atoms. The quantitative estimate of drug-likeness (QED) is 0.149. The summed E-state index contributed by atoms with van der Waals surface area (Å²) in [6.45, 7) is 10.8. The van der Waals surface area contributed by atoms with E-state index in [2.05, 4.69) is 39.8 Å². The number of hydrogen-bond donors (Lipinski definition) is 0. The Labute approximate surface area is 190 Å². The van der Waals surface area contributed by atoms with E-state index in [-0.39, 0.29) is 5.69 Å². The third kappa shape index (κ3) is 5.45. The summed E-state index contributed by atoms with van der Waals surface area (Å²) in [5, 5.41) is 10.9. The van der Waals surface area contributed by atoms with Crippen molar-refractivity contribution in [3.05, 3.63) is 80.4 Å². The summed E-state index contributed by atoms with van der Waals surface area (Å²) in [7, 11) is 0. The highest BCUT2D eigenvalue weighted by Gasteiger charge is 2.31. The van der Waals surface area contributed by atoms with Gasteiger partial charge in [0, 0.05) is 17.7 Å². The van der Waals surface area contributed by atoms with Gasteiger partial charge >= 0.3 is 5.97 Å². The molecule has 5 nitrogen and oxygen atoms in total. The van der Waals surface area contributed by atoms with Crippen molar-refractivity contribution >= 4 is 11.7 Å². The Morgan fingerprint density at radius 3 is 2.53 bits per heavy atom. The van der Waals surface area contributed by atoms with Crippen molar-refractivity contribution in [1.29, 1.82) is 0 Å². The minimum Gasteiger partial charge on any atom is -0.423 e. The number of carbonyl (C=O) groups is 1. The summed E-state index contributed by atoms with van der Waals surface area (Å²) >= 11 is 0. The molecule has 0 saturated heterocycles. The predicted molar refractivity (Wildman–Crippen MR) is 127 cm³/mol. The summed E-state index contributed by atoms with van der Waals surface area (Å²) in [4.78, 5) is 23.2. The summed E-state index contributed by atoms with van der Waals surface area (Å²) in [6.07, 6.45) is 6.73. The third-order valence-electron chi connectivity index (χ3n) is 6.50. The molecule has 1 aliphatic carbocycles. The lowest BCUT2D eigenvalue weighted by atomic mass is 9.71. The van der Waals surface area contributed by atoms with E-state index in [1.54, 1.807) is 0 Å². The van der Waals surface area contributed by atoms with Crippen LogP contribution in [0.5, 0.6) is 5.75 Å². The van der Waals surface area contributed by atoms with Crippen molar-refractivity contribution in [1.82, 2.24) is 0 Å². The highest BCUT2D eigenvalue weighted by Crippen LogP contribution is 2.47. The number of non-ortho nitro benzene ring substituents is 1. The van der Waals surface area contributed by atoms with Crippen LogP contribution in [0.2, 0.25) is 0 Å². The van der Waals surface area contributed by atoms with Crippen LogP contribution >= 0.6 is 0 Å². The second-order valence-electron chi connectivity index (χ2n) is 9.38. The van der Waals surface area contributed by atoms with Crippen molar-refractivity contribution in [2.24, 2.45) is 5.92 Å². The van der Waals surface area contributed by atoms with Gasteiger partial charge in [-0.1, -0.05) is 31.6 Å². The SMILES string of the molecule is CC(C)=CCC[C@H](C)[C@@H]1CC[C@@H](C)c2c(OC(=O)c3ccc([N+](=O)[O-])cc3)cc(C)cc21. The third-order valence-corrected chi connectivity index (χ3v) is 6.50. The molecule has 0 saturated carbocycles. The Balaban J connectivity index is 1.88. The number of nitro benzene ring substituents is 1. The average Bonchev–Trinajstić information content (AvgIpc) is 2.73. The van der Waals surface area contributed by atoms with E-state index in [1.807, 2.05) is 13.0 Å². The normalized spacial score (nSPS) is 18.4. The van der Waals surface area contributed by atoms with E-state index >= 15 is 0 Å². The number of esters is 1. The van der Waals surface area contributed by atoms with Gasteiger partial charge in [-0.25, -0.2) is 4.79 Å². The zero-order valence-corrected chi connectivity index (χ0v) is 19.7. The van der Waals surface area contributed by atoms with Gasteiger partial charge in [0.2, 0.25) is 0 Å². The summed E-state index contributed by atoms with van der Waals surface area (Å²) < 4.78 is 5.87. The maximum Gasteiger partial charge on any atom is 0.343 e. The van der Waals surface area contributed by atoms with Gasteiger partial charge in [-0.3, -0.25) is 10.1 Å². The highest BCUT2D eigenvalue weighted by molar-refractivity contribution is 5.91. The van der Waals surface area contributed by atoms with Gasteiger partial charge < -0.3 is 4.74 Å². The monoisotopic (exact) mass is 435 g/mol. The maximum atomic E-state index is 12.8. The number of ether oxygens (including phenoxy) is 1. The molecule has 170 valence electrons. The maximum absolute atomic E-state index is 12.8. The molecule has 0 fully saturated rings.